The maximum Gasteiger partial charge on any atom is 0.289 e. The van der Waals surface area contributed by atoms with E-state index in [0.29, 0.717) is 35.0 Å². The van der Waals surface area contributed by atoms with E-state index in [1.54, 1.807) is 23.1 Å². The third-order valence-corrected chi connectivity index (χ3v) is 4.66. The third kappa shape index (κ3) is 2.35. The van der Waals surface area contributed by atoms with Gasteiger partial charge in [-0.15, -0.1) is 0 Å². The summed E-state index contributed by atoms with van der Waals surface area (Å²) in [5.41, 5.74) is 0. The van der Waals surface area contributed by atoms with E-state index in [2.05, 4.69) is 5.10 Å². The van der Waals surface area contributed by atoms with E-state index in [1.165, 1.54) is 6.42 Å². The molecule has 2 aromatic rings. The SMILES string of the molecule is O=C(c1ccc(Cn2cc(Cl)cn2)o1)N1CC2CCC1C2. The lowest BCUT2D eigenvalue weighted by Gasteiger charge is -2.25. The Hall–Kier alpha value is -1.75. The summed E-state index contributed by atoms with van der Waals surface area (Å²) in [5, 5.41) is 4.69. The van der Waals surface area contributed by atoms with Crippen LogP contribution in [0, 0.1) is 5.92 Å². The molecule has 5 nitrogen and oxygen atoms in total. The van der Waals surface area contributed by atoms with Gasteiger partial charge in [0, 0.05) is 18.8 Å². The number of likely N-dealkylation sites (tertiary alicyclic amines) is 1. The molecule has 0 N–H and O–H groups in total. The first-order valence-electron chi connectivity index (χ1n) is 7.26. The fraction of sp³-hybridized carbons (Fsp3) is 0.467. The summed E-state index contributed by atoms with van der Waals surface area (Å²) in [6, 6.07) is 4.01. The van der Waals surface area contributed by atoms with Crippen molar-refractivity contribution in [2.45, 2.75) is 31.8 Å². The molecule has 2 atom stereocenters. The number of amides is 1. The predicted molar refractivity (Wildman–Crippen MR) is 77.2 cm³/mol. The molecule has 2 aromatic heterocycles. The van der Waals surface area contributed by atoms with Gasteiger partial charge in [-0.25, -0.2) is 0 Å². The number of carbonyl (C=O) groups is 1. The summed E-state index contributed by atoms with van der Waals surface area (Å²) in [5.74, 6) is 1.85. The molecule has 0 radical (unpaired) electrons. The normalized spacial score (nSPS) is 24.0. The number of carbonyl (C=O) groups excluding carboxylic acids is 1. The number of hydrogen-bond donors (Lipinski definition) is 0. The zero-order chi connectivity index (χ0) is 14.4. The molecule has 6 heteroatoms. The van der Waals surface area contributed by atoms with E-state index in [4.69, 9.17) is 16.0 Å². The predicted octanol–water partition coefficient (Wildman–Crippen LogP) is 2.80. The average Bonchev–Trinajstić information content (AvgIpc) is 3.22. The molecule has 4 rings (SSSR count). The topological polar surface area (TPSA) is 51.3 Å². The monoisotopic (exact) mass is 305 g/mol. The maximum atomic E-state index is 12.5. The van der Waals surface area contributed by atoms with Gasteiger partial charge in [-0.2, -0.15) is 5.10 Å². The fourth-order valence-corrected chi connectivity index (χ4v) is 3.63. The van der Waals surface area contributed by atoms with Crippen molar-refractivity contribution in [3.63, 3.8) is 0 Å². The minimum atomic E-state index is 0.0203. The van der Waals surface area contributed by atoms with Crippen molar-refractivity contribution in [1.82, 2.24) is 14.7 Å². The number of furan rings is 1. The van der Waals surface area contributed by atoms with E-state index in [0.717, 1.165) is 19.4 Å². The second-order valence-corrected chi connectivity index (χ2v) is 6.35. The van der Waals surface area contributed by atoms with Crippen molar-refractivity contribution in [3.05, 3.63) is 41.1 Å². The van der Waals surface area contributed by atoms with E-state index in [-0.39, 0.29) is 5.91 Å². The third-order valence-electron chi connectivity index (χ3n) is 4.46. The van der Waals surface area contributed by atoms with Gasteiger partial charge in [0.05, 0.1) is 17.8 Å². The Morgan fingerprint density at radius 3 is 3.00 bits per heavy atom. The van der Waals surface area contributed by atoms with Crippen molar-refractivity contribution in [2.24, 2.45) is 5.92 Å². The van der Waals surface area contributed by atoms with Crippen molar-refractivity contribution in [1.29, 1.82) is 0 Å². The largest absolute Gasteiger partial charge is 0.454 e. The second-order valence-electron chi connectivity index (χ2n) is 5.91. The van der Waals surface area contributed by atoms with Gasteiger partial charge in [0.1, 0.15) is 5.76 Å². The van der Waals surface area contributed by atoms with Gasteiger partial charge >= 0.3 is 0 Å². The van der Waals surface area contributed by atoms with E-state index in [1.807, 2.05) is 11.0 Å². The molecule has 1 aliphatic heterocycles. The lowest BCUT2D eigenvalue weighted by atomic mass is 10.1. The van der Waals surface area contributed by atoms with Gasteiger partial charge in [0.15, 0.2) is 5.76 Å². The number of piperidine rings is 1. The first-order valence-corrected chi connectivity index (χ1v) is 7.64. The van der Waals surface area contributed by atoms with E-state index in [9.17, 15) is 4.79 Å². The highest BCUT2D eigenvalue weighted by Gasteiger charge is 2.41. The molecule has 0 spiro atoms. The minimum absolute atomic E-state index is 0.0203. The molecule has 21 heavy (non-hydrogen) atoms. The molecule has 2 bridgehead atoms. The maximum absolute atomic E-state index is 12.5. The highest BCUT2D eigenvalue weighted by Crippen LogP contribution is 2.38. The molecule has 2 fully saturated rings. The Bertz CT molecular complexity index is 678. The average molecular weight is 306 g/mol. The quantitative estimate of drug-likeness (QED) is 0.876. The van der Waals surface area contributed by atoms with Crippen LogP contribution in [-0.2, 0) is 6.54 Å². The highest BCUT2D eigenvalue weighted by atomic mass is 35.5. The van der Waals surface area contributed by atoms with Gasteiger partial charge in [0.2, 0.25) is 0 Å². The second kappa shape index (κ2) is 4.91. The Morgan fingerprint density at radius 2 is 2.33 bits per heavy atom. The zero-order valence-electron chi connectivity index (χ0n) is 11.5. The molecular formula is C15H16ClN3O2. The minimum Gasteiger partial charge on any atom is -0.454 e. The molecule has 1 amide bonds. The smallest absolute Gasteiger partial charge is 0.289 e. The van der Waals surface area contributed by atoms with Crippen LogP contribution >= 0.6 is 11.6 Å². The molecule has 1 saturated carbocycles. The number of fused-ring (bicyclic) bond motifs is 2. The van der Waals surface area contributed by atoms with Crippen LogP contribution in [0.15, 0.2) is 28.9 Å². The van der Waals surface area contributed by atoms with Crippen LogP contribution in [0.2, 0.25) is 5.02 Å². The number of halogens is 1. The summed E-state index contributed by atoms with van der Waals surface area (Å²) in [4.78, 5) is 14.5. The first-order chi connectivity index (χ1) is 10.2. The van der Waals surface area contributed by atoms with Crippen LogP contribution in [0.3, 0.4) is 0 Å². The Morgan fingerprint density at radius 1 is 1.43 bits per heavy atom. The molecule has 2 unspecified atom stereocenters. The fourth-order valence-electron chi connectivity index (χ4n) is 3.48. The molecule has 2 aliphatic rings. The Balaban J connectivity index is 1.48. The van der Waals surface area contributed by atoms with Crippen molar-refractivity contribution in [3.8, 4) is 0 Å². The van der Waals surface area contributed by atoms with E-state index >= 15 is 0 Å². The number of hydrogen-bond acceptors (Lipinski definition) is 3. The highest BCUT2D eigenvalue weighted by molar-refractivity contribution is 6.30. The van der Waals surface area contributed by atoms with Crippen LogP contribution in [0.1, 0.15) is 35.6 Å². The van der Waals surface area contributed by atoms with Crippen LogP contribution in [-0.4, -0.2) is 33.2 Å². The number of rotatable bonds is 3. The summed E-state index contributed by atoms with van der Waals surface area (Å²) >= 11 is 5.83. The van der Waals surface area contributed by atoms with Crippen molar-refractivity contribution in [2.75, 3.05) is 6.54 Å². The van der Waals surface area contributed by atoms with Crippen molar-refractivity contribution >= 4 is 17.5 Å². The molecule has 3 heterocycles. The standard InChI is InChI=1S/C15H16ClN3O2/c16-11-6-17-18(8-11)9-13-3-4-14(21-13)15(20)19-7-10-1-2-12(19)5-10/h3-4,6,8,10,12H,1-2,5,7,9H2. The lowest BCUT2D eigenvalue weighted by Crippen LogP contribution is -2.37. The van der Waals surface area contributed by atoms with Gasteiger partial charge in [0.25, 0.3) is 5.91 Å². The number of aromatic nitrogens is 2. The van der Waals surface area contributed by atoms with Gasteiger partial charge in [-0.05, 0) is 37.3 Å². The van der Waals surface area contributed by atoms with Crippen LogP contribution in [0.5, 0.6) is 0 Å². The lowest BCUT2D eigenvalue weighted by molar-refractivity contribution is 0.0669. The van der Waals surface area contributed by atoms with Crippen molar-refractivity contribution < 1.29 is 9.21 Å². The molecular weight excluding hydrogens is 290 g/mol. The number of nitrogens with zero attached hydrogens (tertiary/aromatic N) is 3. The summed E-state index contributed by atoms with van der Waals surface area (Å²) in [6.07, 6.45) is 6.86. The van der Waals surface area contributed by atoms with Gasteiger partial charge in [-0.3, -0.25) is 9.48 Å². The molecule has 1 aliphatic carbocycles. The zero-order valence-corrected chi connectivity index (χ0v) is 12.3. The summed E-state index contributed by atoms with van der Waals surface area (Å²) in [7, 11) is 0. The Kier molecular flexibility index (Phi) is 3.03. The molecule has 0 aromatic carbocycles. The first kappa shape index (κ1) is 13.0. The van der Waals surface area contributed by atoms with E-state index < -0.39 is 0 Å². The van der Waals surface area contributed by atoms with Gasteiger partial charge in [-0.1, -0.05) is 11.6 Å². The van der Waals surface area contributed by atoms with Gasteiger partial charge < -0.3 is 9.32 Å². The van der Waals surface area contributed by atoms with Crippen LogP contribution in [0.4, 0.5) is 0 Å². The van der Waals surface area contributed by atoms with Crippen LogP contribution < -0.4 is 0 Å². The molecule has 110 valence electrons. The summed E-state index contributed by atoms with van der Waals surface area (Å²) < 4.78 is 7.37. The molecule has 1 saturated heterocycles. The van der Waals surface area contributed by atoms with Crippen LogP contribution in [0.25, 0.3) is 0 Å². The summed E-state index contributed by atoms with van der Waals surface area (Å²) in [6.45, 7) is 1.36. The Labute approximate surface area is 127 Å².